The number of carbonyl (C=O) groups is 1. The van der Waals surface area contributed by atoms with Gasteiger partial charge < -0.3 is 15.0 Å². The molecule has 0 aromatic heterocycles. The van der Waals surface area contributed by atoms with Crippen LogP contribution in [0.3, 0.4) is 0 Å². The van der Waals surface area contributed by atoms with Gasteiger partial charge in [0.05, 0.1) is 24.5 Å². The molecule has 2 rings (SSSR count). The number of halogens is 1. The van der Waals surface area contributed by atoms with Gasteiger partial charge in [-0.15, -0.1) is 12.4 Å². The number of nitrogens with one attached hydrogen (secondary N) is 1. The van der Waals surface area contributed by atoms with Crippen LogP contribution in [0.1, 0.15) is 0 Å². The van der Waals surface area contributed by atoms with E-state index in [1.165, 1.54) is 0 Å². The molecule has 1 amide bonds. The number of nitrogens with zero attached hydrogens (tertiary/aromatic N) is 1. The molecule has 0 radical (unpaired) electrons. The Labute approximate surface area is 101 Å². The smallest absolute Gasteiger partial charge is 0.233 e. The molecule has 6 heteroatoms. The number of hydrogen-bond acceptors (Lipinski definition) is 4. The zero-order chi connectivity index (χ0) is 9.97. The summed E-state index contributed by atoms with van der Waals surface area (Å²) in [6, 6.07) is 0.267. The molecule has 2 atom stereocenters. The second-order valence-corrected chi connectivity index (χ2v) is 4.52. The van der Waals surface area contributed by atoms with Gasteiger partial charge in [-0.25, -0.2) is 0 Å². The molecule has 2 heterocycles. The lowest BCUT2D eigenvalue weighted by Crippen LogP contribution is -2.53. The molecule has 0 bridgehead atoms. The fourth-order valence-electron chi connectivity index (χ4n) is 2.11. The number of amides is 1. The molecule has 2 saturated heterocycles. The Hall–Kier alpha value is 0.0300. The first kappa shape index (κ1) is 13.1. The average molecular weight is 253 g/mol. The van der Waals surface area contributed by atoms with Gasteiger partial charge in [0.2, 0.25) is 5.91 Å². The minimum Gasteiger partial charge on any atom is -0.373 e. The molecule has 0 aliphatic carbocycles. The monoisotopic (exact) mass is 252 g/mol. The zero-order valence-electron chi connectivity index (χ0n) is 8.77. The van der Waals surface area contributed by atoms with E-state index in [-0.39, 0.29) is 30.5 Å². The summed E-state index contributed by atoms with van der Waals surface area (Å²) in [6.07, 6.45) is 2.18. The van der Waals surface area contributed by atoms with Crippen LogP contribution in [0.15, 0.2) is 0 Å². The minimum absolute atomic E-state index is 0. The number of thioether (sulfide) groups is 1. The van der Waals surface area contributed by atoms with Crippen molar-refractivity contribution in [1.82, 2.24) is 10.2 Å². The Morgan fingerprint density at radius 3 is 3.13 bits per heavy atom. The number of morpholine rings is 1. The lowest BCUT2D eigenvalue weighted by Gasteiger charge is -2.36. The van der Waals surface area contributed by atoms with Crippen LogP contribution in [0.4, 0.5) is 0 Å². The summed E-state index contributed by atoms with van der Waals surface area (Å²) in [5, 5.41) is 3.27. The van der Waals surface area contributed by atoms with Gasteiger partial charge in [0.25, 0.3) is 0 Å². The third-order valence-corrected chi connectivity index (χ3v) is 3.32. The molecule has 2 aliphatic heterocycles. The highest BCUT2D eigenvalue weighted by Crippen LogP contribution is 2.18. The summed E-state index contributed by atoms with van der Waals surface area (Å²) in [7, 11) is 0. The molecule has 1 N–H and O–H groups in total. The Bertz CT molecular complexity index is 230. The summed E-state index contributed by atoms with van der Waals surface area (Å²) in [6.45, 7) is 3.20. The lowest BCUT2D eigenvalue weighted by atomic mass is 10.1. The predicted molar refractivity (Wildman–Crippen MR) is 63.7 cm³/mol. The van der Waals surface area contributed by atoms with Crippen LogP contribution in [0.5, 0.6) is 0 Å². The SMILES string of the molecule is CSCC(=O)N1CCOC2CNCC21.Cl. The van der Waals surface area contributed by atoms with E-state index in [0.29, 0.717) is 12.4 Å². The molecule has 88 valence electrons. The van der Waals surface area contributed by atoms with Crippen LogP contribution >= 0.6 is 24.2 Å². The van der Waals surface area contributed by atoms with Gasteiger partial charge in [0.1, 0.15) is 0 Å². The van der Waals surface area contributed by atoms with Crippen molar-refractivity contribution in [1.29, 1.82) is 0 Å². The average Bonchev–Trinajstić information content (AvgIpc) is 2.65. The van der Waals surface area contributed by atoms with Crippen LogP contribution in [0.2, 0.25) is 0 Å². The van der Waals surface area contributed by atoms with E-state index in [4.69, 9.17) is 4.74 Å². The highest BCUT2D eigenvalue weighted by Gasteiger charge is 2.37. The summed E-state index contributed by atoms with van der Waals surface area (Å²) < 4.78 is 5.60. The first-order valence-electron chi connectivity index (χ1n) is 4.93. The van der Waals surface area contributed by atoms with E-state index >= 15 is 0 Å². The van der Waals surface area contributed by atoms with E-state index in [2.05, 4.69) is 5.32 Å². The third kappa shape index (κ3) is 2.78. The lowest BCUT2D eigenvalue weighted by molar-refractivity contribution is -0.139. The number of carbonyl (C=O) groups excluding carboxylic acids is 1. The summed E-state index contributed by atoms with van der Waals surface area (Å²) in [4.78, 5) is 13.7. The Morgan fingerprint density at radius 1 is 1.60 bits per heavy atom. The molecular formula is C9H17ClN2O2S. The van der Waals surface area contributed by atoms with Crippen LogP contribution in [0, 0.1) is 0 Å². The number of ether oxygens (including phenoxy) is 1. The number of hydrogen-bond donors (Lipinski definition) is 1. The highest BCUT2D eigenvalue weighted by atomic mass is 35.5. The first-order valence-corrected chi connectivity index (χ1v) is 6.33. The van der Waals surface area contributed by atoms with Crippen LogP contribution in [-0.2, 0) is 9.53 Å². The standard InChI is InChI=1S/C9H16N2O2S.ClH/c1-14-6-9(12)11-2-3-13-8-5-10-4-7(8)11;/h7-8,10H,2-6H2,1H3;1H. The fourth-order valence-corrected chi connectivity index (χ4v) is 2.52. The summed E-state index contributed by atoms with van der Waals surface area (Å²) in [5.74, 6) is 0.836. The van der Waals surface area contributed by atoms with E-state index in [9.17, 15) is 4.79 Å². The van der Waals surface area contributed by atoms with Gasteiger partial charge in [-0.05, 0) is 6.26 Å². The van der Waals surface area contributed by atoms with Gasteiger partial charge in [-0.3, -0.25) is 4.79 Å². The second kappa shape index (κ2) is 5.94. The van der Waals surface area contributed by atoms with E-state index in [0.717, 1.165) is 19.6 Å². The number of fused-ring (bicyclic) bond motifs is 1. The molecule has 0 aromatic carbocycles. The molecule has 0 aromatic rings. The van der Waals surface area contributed by atoms with Gasteiger partial charge in [-0.2, -0.15) is 11.8 Å². The quantitative estimate of drug-likeness (QED) is 0.750. The maximum Gasteiger partial charge on any atom is 0.233 e. The first-order chi connectivity index (χ1) is 6.83. The van der Waals surface area contributed by atoms with Gasteiger partial charge in [0, 0.05) is 19.6 Å². The summed E-state index contributed by atoms with van der Waals surface area (Å²) in [5.41, 5.74) is 0. The maximum absolute atomic E-state index is 11.8. The number of rotatable bonds is 2. The Morgan fingerprint density at radius 2 is 2.40 bits per heavy atom. The van der Waals surface area contributed by atoms with Crippen molar-refractivity contribution in [3.05, 3.63) is 0 Å². The van der Waals surface area contributed by atoms with E-state index < -0.39 is 0 Å². The van der Waals surface area contributed by atoms with Crippen molar-refractivity contribution in [2.45, 2.75) is 12.1 Å². The zero-order valence-corrected chi connectivity index (χ0v) is 10.4. The molecule has 2 aliphatic rings. The summed E-state index contributed by atoms with van der Waals surface area (Å²) >= 11 is 1.59. The molecule has 2 fully saturated rings. The van der Waals surface area contributed by atoms with Crippen LogP contribution in [0.25, 0.3) is 0 Å². The van der Waals surface area contributed by atoms with E-state index in [1.54, 1.807) is 11.8 Å². The van der Waals surface area contributed by atoms with Gasteiger partial charge in [0.15, 0.2) is 0 Å². The Kier molecular flexibility index (Phi) is 5.18. The van der Waals surface area contributed by atoms with Crippen molar-refractivity contribution < 1.29 is 9.53 Å². The van der Waals surface area contributed by atoms with Crippen LogP contribution < -0.4 is 5.32 Å². The molecule has 0 spiro atoms. The van der Waals surface area contributed by atoms with Crippen molar-refractivity contribution in [3.63, 3.8) is 0 Å². The topological polar surface area (TPSA) is 41.6 Å². The molecule has 15 heavy (non-hydrogen) atoms. The van der Waals surface area contributed by atoms with Crippen LogP contribution in [-0.4, -0.2) is 61.2 Å². The van der Waals surface area contributed by atoms with Crippen molar-refractivity contribution >= 4 is 30.1 Å². The van der Waals surface area contributed by atoms with Gasteiger partial charge >= 0.3 is 0 Å². The third-order valence-electron chi connectivity index (χ3n) is 2.78. The second-order valence-electron chi connectivity index (χ2n) is 3.65. The van der Waals surface area contributed by atoms with Crippen molar-refractivity contribution in [3.8, 4) is 0 Å². The normalized spacial score (nSPS) is 29.5. The maximum atomic E-state index is 11.8. The van der Waals surface area contributed by atoms with E-state index in [1.807, 2.05) is 11.2 Å². The fraction of sp³-hybridized carbons (Fsp3) is 0.889. The highest BCUT2D eigenvalue weighted by molar-refractivity contribution is 7.99. The van der Waals surface area contributed by atoms with Crippen molar-refractivity contribution in [2.24, 2.45) is 0 Å². The molecule has 4 nitrogen and oxygen atoms in total. The van der Waals surface area contributed by atoms with Crippen molar-refractivity contribution in [2.75, 3.05) is 38.2 Å². The van der Waals surface area contributed by atoms with Gasteiger partial charge in [-0.1, -0.05) is 0 Å². The molecular weight excluding hydrogens is 236 g/mol. The Balaban J connectivity index is 0.00000112. The largest absolute Gasteiger partial charge is 0.373 e. The predicted octanol–water partition coefficient (Wildman–Crippen LogP) is -0.0296. The molecule has 2 unspecified atom stereocenters. The minimum atomic E-state index is 0. The molecule has 0 saturated carbocycles.